The summed E-state index contributed by atoms with van der Waals surface area (Å²) < 4.78 is 5.65. The van der Waals surface area contributed by atoms with Gasteiger partial charge < -0.3 is 15.4 Å². The Bertz CT molecular complexity index is 446. The Morgan fingerprint density at radius 2 is 2.00 bits per heavy atom. The molecule has 1 fully saturated rings. The Hall–Kier alpha value is -1.36. The molecule has 1 heterocycles. The summed E-state index contributed by atoms with van der Waals surface area (Å²) in [6.45, 7) is 6.85. The predicted octanol–water partition coefficient (Wildman–Crippen LogP) is 3.01. The van der Waals surface area contributed by atoms with E-state index < -0.39 is 0 Å². The van der Waals surface area contributed by atoms with Gasteiger partial charge >= 0.3 is 0 Å². The van der Waals surface area contributed by atoms with Crippen LogP contribution in [0.4, 0.5) is 11.6 Å². The van der Waals surface area contributed by atoms with Crippen LogP contribution in [0.2, 0.25) is 0 Å². The van der Waals surface area contributed by atoms with Crippen molar-refractivity contribution in [2.45, 2.75) is 46.0 Å². The average molecular weight is 292 g/mol. The number of aromatic nitrogens is 2. The van der Waals surface area contributed by atoms with Crippen molar-refractivity contribution in [1.82, 2.24) is 9.97 Å². The molecule has 5 nitrogen and oxygen atoms in total. The Morgan fingerprint density at radius 1 is 1.24 bits per heavy atom. The second kappa shape index (κ2) is 8.17. The van der Waals surface area contributed by atoms with E-state index in [0.717, 1.165) is 68.0 Å². The average Bonchev–Trinajstić information content (AvgIpc) is 3.29. The number of ether oxygens (including phenoxy) is 1. The van der Waals surface area contributed by atoms with Gasteiger partial charge in [-0.25, -0.2) is 9.97 Å². The Kier molecular flexibility index (Phi) is 6.23. The van der Waals surface area contributed by atoms with Gasteiger partial charge in [0.2, 0.25) is 0 Å². The van der Waals surface area contributed by atoms with Crippen LogP contribution in [0.3, 0.4) is 0 Å². The first-order valence-electron chi connectivity index (χ1n) is 8.11. The van der Waals surface area contributed by atoms with Crippen LogP contribution in [0.5, 0.6) is 0 Å². The highest BCUT2D eigenvalue weighted by Gasteiger charge is 2.20. The van der Waals surface area contributed by atoms with Crippen LogP contribution in [0.1, 0.15) is 44.0 Å². The molecule has 1 saturated carbocycles. The molecule has 2 rings (SSSR count). The van der Waals surface area contributed by atoms with Crippen LogP contribution in [0.25, 0.3) is 0 Å². The van der Waals surface area contributed by atoms with Crippen LogP contribution in [0, 0.1) is 12.8 Å². The lowest BCUT2D eigenvalue weighted by atomic mass is 10.2. The topological polar surface area (TPSA) is 59.1 Å². The van der Waals surface area contributed by atoms with Gasteiger partial charge in [0.05, 0.1) is 0 Å². The summed E-state index contributed by atoms with van der Waals surface area (Å²) in [6, 6.07) is 0. The molecule has 0 amide bonds. The van der Waals surface area contributed by atoms with Gasteiger partial charge in [0.1, 0.15) is 17.5 Å². The molecule has 5 heteroatoms. The van der Waals surface area contributed by atoms with Gasteiger partial charge in [-0.2, -0.15) is 0 Å². The van der Waals surface area contributed by atoms with Gasteiger partial charge in [-0.3, -0.25) is 0 Å². The molecule has 0 aliphatic heterocycles. The summed E-state index contributed by atoms with van der Waals surface area (Å²) in [5, 5.41) is 6.57. The van der Waals surface area contributed by atoms with E-state index in [1.165, 1.54) is 12.8 Å². The van der Waals surface area contributed by atoms with Gasteiger partial charge in [-0.05, 0) is 38.5 Å². The molecule has 1 aromatic rings. The van der Waals surface area contributed by atoms with E-state index >= 15 is 0 Å². The minimum atomic E-state index is 0.828. The molecule has 1 aromatic heterocycles. The SMILES string of the molecule is CCCc1nc(NC)c(C)c(NCCCOCC2CC2)n1. The van der Waals surface area contributed by atoms with E-state index in [4.69, 9.17) is 4.74 Å². The first kappa shape index (κ1) is 16.0. The lowest BCUT2D eigenvalue weighted by Gasteiger charge is -2.13. The third-order valence-electron chi connectivity index (χ3n) is 3.71. The molecule has 0 radical (unpaired) electrons. The smallest absolute Gasteiger partial charge is 0.134 e. The zero-order chi connectivity index (χ0) is 15.1. The summed E-state index contributed by atoms with van der Waals surface area (Å²) >= 11 is 0. The van der Waals surface area contributed by atoms with Crippen molar-refractivity contribution < 1.29 is 4.74 Å². The van der Waals surface area contributed by atoms with Gasteiger partial charge in [-0.15, -0.1) is 0 Å². The molecule has 0 bridgehead atoms. The number of rotatable bonds is 10. The van der Waals surface area contributed by atoms with E-state index in [2.05, 4.69) is 27.5 Å². The normalized spacial score (nSPS) is 14.2. The van der Waals surface area contributed by atoms with Gasteiger partial charge in [0.15, 0.2) is 0 Å². The lowest BCUT2D eigenvalue weighted by Crippen LogP contribution is -2.12. The minimum absolute atomic E-state index is 0.828. The molecule has 0 saturated heterocycles. The van der Waals surface area contributed by atoms with E-state index in [1.807, 2.05) is 14.0 Å². The second-order valence-corrected chi connectivity index (χ2v) is 5.76. The fourth-order valence-electron chi connectivity index (χ4n) is 2.23. The van der Waals surface area contributed by atoms with Crippen LogP contribution >= 0.6 is 0 Å². The Labute approximate surface area is 127 Å². The molecular weight excluding hydrogens is 264 g/mol. The number of nitrogens with zero attached hydrogens (tertiary/aromatic N) is 2. The minimum Gasteiger partial charge on any atom is -0.381 e. The summed E-state index contributed by atoms with van der Waals surface area (Å²) in [7, 11) is 1.90. The highest BCUT2D eigenvalue weighted by molar-refractivity contribution is 5.56. The first-order valence-corrected chi connectivity index (χ1v) is 8.11. The van der Waals surface area contributed by atoms with Crippen LogP contribution < -0.4 is 10.6 Å². The maximum atomic E-state index is 5.65. The molecule has 0 spiro atoms. The van der Waals surface area contributed by atoms with Crippen molar-refractivity contribution in [2.75, 3.05) is 37.4 Å². The maximum Gasteiger partial charge on any atom is 0.134 e. The molecular formula is C16H28N4O. The van der Waals surface area contributed by atoms with Crippen molar-refractivity contribution >= 4 is 11.6 Å². The van der Waals surface area contributed by atoms with E-state index in [0.29, 0.717) is 0 Å². The van der Waals surface area contributed by atoms with Crippen molar-refractivity contribution in [1.29, 1.82) is 0 Å². The highest BCUT2D eigenvalue weighted by atomic mass is 16.5. The van der Waals surface area contributed by atoms with Crippen LogP contribution in [-0.2, 0) is 11.2 Å². The Morgan fingerprint density at radius 3 is 2.67 bits per heavy atom. The summed E-state index contributed by atoms with van der Waals surface area (Å²) in [6.07, 6.45) is 5.68. The molecule has 1 aliphatic carbocycles. The third-order valence-corrected chi connectivity index (χ3v) is 3.71. The van der Waals surface area contributed by atoms with Crippen LogP contribution in [0.15, 0.2) is 0 Å². The molecule has 0 unspecified atom stereocenters. The lowest BCUT2D eigenvalue weighted by molar-refractivity contribution is 0.124. The van der Waals surface area contributed by atoms with Crippen molar-refractivity contribution in [2.24, 2.45) is 5.92 Å². The molecule has 0 atom stereocenters. The maximum absolute atomic E-state index is 5.65. The second-order valence-electron chi connectivity index (χ2n) is 5.76. The molecule has 2 N–H and O–H groups in total. The number of hydrogen-bond acceptors (Lipinski definition) is 5. The van der Waals surface area contributed by atoms with Crippen molar-refractivity contribution in [3.8, 4) is 0 Å². The monoisotopic (exact) mass is 292 g/mol. The van der Waals surface area contributed by atoms with Gasteiger partial charge in [-0.1, -0.05) is 6.92 Å². The number of aryl methyl sites for hydroxylation is 1. The van der Waals surface area contributed by atoms with E-state index in [9.17, 15) is 0 Å². The van der Waals surface area contributed by atoms with E-state index in [1.54, 1.807) is 0 Å². The molecule has 0 aromatic carbocycles. The number of anilines is 2. The third kappa shape index (κ3) is 5.16. The predicted molar refractivity (Wildman–Crippen MR) is 87.0 cm³/mol. The molecule has 21 heavy (non-hydrogen) atoms. The Balaban J connectivity index is 1.80. The fourth-order valence-corrected chi connectivity index (χ4v) is 2.23. The molecule has 1 aliphatic rings. The van der Waals surface area contributed by atoms with Gasteiger partial charge in [0, 0.05) is 38.8 Å². The molecule has 118 valence electrons. The van der Waals surface area contributed by atoms with E-state index in [-0.39, 0.29) is 0 Å². The number of nitrogens with one attached hydrogen (secondary N) is 2. The standard InChI is InChI=1S/C16H28N4O/c1-4-6-14-19-15(17-3)12(2)16(20-14)18-9-5-10-21-11-13-7-8-13/h13H,4-11H2,1-3H3,(H2,17,18,19,20). The number of hydrogen-bond donors (Lipinski definition) is 2. The summed E-state index contributed by atoms with van der Waals surface area (Å²) in [4.78, 5) is 9.16. The quantitative estimate of drug-likeness (QED) is 0.649. The van der Waals surface area contributed by atoms with Gasteiger partial charge in [0.25, 0.3) is 0 Å². The highest BCUT2D eigenvalue weighted by Crippen LogP contribution is 2.28. The van der Waals surface area contributed by atoms with Crippen molar-refractivity contribution in [3.05, 3.63) is 11.4 Å². The zero-order valence-corrected chi connectivity index (χ0v) is 13.5. The first-order chi connectivity index (χ1) is 10.2. The summed E-state index contributed by atoms with van der Waals surface area (Å²) in [5.74, 6) is 3.61. The largest absolute Gasteiger partial charge is 0.381 e. The zero-order valence-electron chi connectivity index (χ0n) is 13.5. The summed E-state index contributed by atoms with van der Waals surface area (Å²) in [5.41, 5.74) is 1.08. The van der Waals surface area contributed by atoms with Crippen LogP contribution in [-0.4, -0.2) is 36.8 Å². The van der Waals surface area contributed by atoms with Crippen molar-refractivity contribution in [3.63, 3.8) is 0 Å². The fraction of sp³-hybridized carbons (Fsp3) is 0.750.